The fourth-order valence-corrected chi connectivity index (χ4v) is 2.65. The van der Waals surface area contributed by atoms with Gasteiger partial charge in [-0.1, -0.05) is 12.1 Å². The Bertz CT molecular complexity index is 484. The fourth-order valence-electron chi connectivity index (χ4n) is 2.65. The molecule has 1 aromatic rings. The molecule has 0 N–H and O–H groups in total. The van der Waals surface area contributed by atoms with Gasteiger partial charge in [-0.05, 0) is 50.7 Å². The summed E-state index contributed by atoms with van der Waals surface area (Å²) in [5, 5.41) is 0. The minimum absolute atomic E-state index is 0.00943. The van der Waals surface area contributed by atoms with Crippen LogP contribution >= 0.6 is 0 Å². The molecule has 1 aromatic carbocycles. The molecule has 0 spiro atoms. The summed E-state index contributed by atoms with van der Waals surface area (Å²) in [7, 11) is 1.75. The highest BCUT2D eigenvalue weighted by atomic mass is 16.5. The quantitative estimate of drug-likeness (QED) is 0.617. The smallest absolute Gasteiger partial charge is 0.338 e. The SMILES string of the molecule is COC1CCC(COC(=O)c2ccc(C(C)=O)cc2)CC1. The Morgan fingerprint density at radius 2 is 1.62 bits per heavy atom. The monoisotopic (exact) mass is 290 g/mol. The van der Waals surface area contributed by atoms with Gasteiger partial charge in [-0.3, -0.25) is 4.79 Å². The van der Waals surface area contributed by atoms with Crippen molar-refractivity contribution in [1.29, 1.82) is 0 Å². The second kappa shape index (κ2) is 7.36. The van der Waals surface area contributed by atoms with E-state index in [9.17, 15) is 9.59 Å². The summed E-state index contributed by atoms with van der Waals surface area (Å²) in [6.45, 7) is 1.97. The zero-order valence-corrected chi connectivity index (χ0v) is 12.6. The van der Waals surface area contributed by atoms with Crippen molar-refractivity contribution in [2.75, 3.05) is 13.7 Å². The lowest BCUT2D eigenvalue weighted by molar-refractivity contribution is 0.0242. The summed E-state index contributed by atoms with van der Waals surface area (Å²) in [4.78, 5) is 23.1. The number of esters is 1. The molecule has 114 valence electrons. The van der Waals surface area contributed by atoms with Gasteiger partial charge in [0.1, 0.15) is 0 Å². The molecule has 2 rings (SSSR count). The van der Waals surface area contributed by atoms with Crippen LogP contribution in [0.15, 0.2) is 24.3 Å². The Labute approximate surface area is 125 Å². The summed E-state index contributed by atoms with van der Waals surface area (Å²) in [6, 6.07) is 6.59. The number of methoxy groups -OCH3 is 1. The highest BCUT2D eigenvalue weighted by Crippen LogP contribution is 2.26. The topological polar surface area (TPSA) is 52.6 Å². The molecule has 1 aliphatic rings. The van der Waals surface area contributed by atoms with Crippen molar-refractivity contribution < 1.29 is 19.1 Å². The summed E-state index contributed by atoms with van der Waals surface area (Å²) in [5.74, 6) is 0.0978. The van der Waals surface area contributed by atoms with Crippen molar-refractivity contribution in [3.8, 4) is 0 Å². The molecule has 4 nitrogen and oxygen atoms in total. The van der Waals surface area contributed by atoms with Gasteiger partial charge in [0.15, 0.2) is 5.78 Å². The molecule has 1 saturated carbocycles. The first-order valence-corrected chi connectivity index (χ1v) is 7.41. The van der Waals surface area contributed by atoms with E-state index in [1.54, 1.807) is 31.4 Å². The molecule has 1 fully saturated rings. The van der Waals surface area contributed by atoms with Gasteiger partial charge in [0.25, 0.3) is 0 Å². The summed E-state index contributed by atoms with van der Waals surface area (Å²) in [6.07, 6.45) is 4.50. The molecule has 0 saturated heterocycles. The van der Waals surface area contributed by atoms with Crippen molar-refractivity contribution in [2.24, 2.45) is 5.92 Å². The number of hydrogen-bond donors (Lipinski definition) is 0. The Morgan fingerprint density at radius 3 is 2.14 bits per heavy atom. The Balaban J connectivity index is 1.80. The molecule has 1 aliphatic carbocycles. The van der Waals surface area contributed by atoms with Crippen LogP contribution in [0.2, 0.25) is 0 Å². The normalized spacial score (nSPS) is 21.8. The van der Waals surface area contributed by atoms with Crippen molar-refractivity contribution in [3.05, 3.63) is 35.4 Å². The van der Waals surface area contributed by atoms with Crippen molar-refractivity contribution >= 4 is 11.8 Å². The van der Waals surface area contributed by atoms with Gasteiger partial charge < -0.3 is 9.47 Å². The van der Waals surface area contributed by atoms with Gasteiger partial charge >= 0.3 is 5.97 Å². The van der Waals surface area contributed by atoms with E-state index in [0.29, 0.717) is 29.8 Å². The van der Waals surface area contributed by atoms with Gasteiger partial charge in [0.2, 0.25) is 0 Å². The van der Waals surface area contributed by atoms with E-state index < -0.39 is 0 Å². The van der Waals surface area contributed by atoms with Crippen molar-refractivity contribution in [3.63, 3.8) is 0 Å². The zero-order valence-electron chi connectivity index (χ0n) is 12.6. The lowest BCUT2D eigenvalue weighted by atomic mass is 9.88. The van der Waals surface area contributed by atoms with E-state index >= 15 is 0 Å². The maximum atomic E-state index is 12.0. The predicted octanol–water partition coefficient (Wildman–Crippen LogP) is 3.25. The van der Waals surface area contributed by atoms with Crippen LogP contribution in [-0.2, 0) is 9.47 Å². The van der Waals surface area contributed by atoms with Gasteiger partial charge in [0, 0.05) is 12.7 Å². The average Bonchev–Trinajstić information content (AvgIpc) is 2.53. The largest absolute Gasteiger partial charge is 0.462 e. The number of hydrogen-bond acceptors (Lipinski definition) is 4. The second-order valence-corrected chi connectivity index (χ2v) is 5.61. The molecule has 0 unspecified atom stereocenters. The van der Waals surface area contributed by atoms with E-state index in [4.69, 9.17) is 9.47 Å². The molecular formula is C17H22O4. The standard InChI is InChI=1S/C17H22O4/c1-12(18)14-5-7-15(8-6-14)17(19)21-11-13-3-9-16(20-2)10-4-13/h5-8,13,16H,3-4,9-11H2,1-2H3. The first kappa shape index (κ1) is 15.7. The number of Topliss-reactive ketones (excluding diaryl/α,β-unsaturated/α-hetero) is 1. The van der Waals surface area contributed by atoms with Gasteiger partial charge in [0.05, 0.1) is 18.3 Å². The molecule has 0 atom stereocenters. The number of benzene rings is 1. The third-order valence-corrected chi connectivity index (χ3v) is 4.10. The van der Waals surface area contributed by atoms with Gasteiger partial charge in [-0.2, -0.15) is 0 Å². The molecule has 0 radical (unpaired) electrons. The van der Waals surface area contributed by atoms with E-state index in [2.05, 4.69) is 0 Å². The molecule has 0 aliphatic heterocycles. The van der Waals surface area contributed by atoms with Crippen LogP contribution in [0.4, 0.5) is 0 Å². The Hall–Kier alpha value is -1.68. The molecule has 4 heteroatoms. The third-order valence-electron chi connectivity index (χ3n) is 4.10. The van der Waals surface area contributed by atoms with Crippen LogP contribution in [0.25, 0.3) is 0 Å². The maximum absolute atomic E-state index is 12.0. The second-order valence-electron chi connectivity index (χ2n) is 5.61. The number of rotatable bonds is 5. The molecular weight excluding hydrogens is 268 g/mol. The number of carbonyl (C=O) groups is 2. The molecule has 0 bridgehead atoms. The highest BCUT2D eigenvalue weighted by molar-refractivity contribution is 5.96. The maximum Gasteiger partial charge on any atom is 0.338 e. The summed E-state index contributed by atoms with van der Waals surface area (Å²) in [5.41, 5.74) is 1.09. The number of ether oxygens (including phenoxy) is 2. The summed E-state index contributed by atoms with van der Waals surface area (Å²) < 4.78 is 10.7. The van der Waals surface area contributed by atoms with Crippen molar-refractivity contribution in [2.45, 2.75) is 38.7 Å². The average molecular weight is 290 g/mol. The predicted molar refractivity (Wildman–Crippen MR) is 79.5 cm³/mol. The van der Waals surface area contributed by atoms with E-state index in [0.717, 1.165) is 25.7 Å². The lowest BCUT2D eigenvalue weighted by Crippen LogP contribution is -2.24. The number of ketones is 1. The zero-order chi connectivity index (χ0) is 15.2. The van der Waals surface area contributed by atoms with E-state index in [1.807, 2.05) is 0 Å². The van der Waals surface area contributed by atoms with Gasteiger partial charge in [-0.25, -0.2) is 4.79 Å². The minimum Gasteiger partial charge on any atom is -0.462 e. The molecule has 0 aromatic heterocycles. The van der Waals surface area contributed by atoms with Crippen LogP contribution in [0.1, 0.15) is 53.3 Å². The fraction of sp³-hybridized carbons (Fsp3) is 0.529. The van der Waals surface area contributed by atoms with Crippen LogP contribution in [-0.4, -0.2) is 31.6 Å². The first-order valence-electron chi connectivity index (χ1n) is 7.41. The minimum atomic E-state index is -0.320. The third kappa shape index (κ3) is 4.39. The summed E-state index contributed by atoms with van der Waals surface area (Å²) >= 11 is 0. The first-order chi connectivity index (χ1) is 10.1. The molecule has 21 heavy (non-hydrogen) atoms. The van der Waals surface area contributed by atoms with E-state index in [1.165, 1.54) is 6.92 Å². The Kier molecular flexibility index (Phi) is 5.51. The van der Waals surface area contributed by atoms with Crippen molar-refractivity contribution in [1.82, 2.24) is 0 Å². The van der Waals surface area contributed by atoms with Crippen LogP contribution in [0, 0.1) is 5.92 Å². The number of carbonyl (C=O) groups excluding carboxylic acids is 2. The highest BCUT2D eigenvalue weighted by Gasteiger charge is 2.22. The lowest BCUT2D eigenvalue weighted by Gasteiger charge is -2.27. The van der Waals surface area contributed by atoms with Gasteiger partial charge in [-0.15, -0.1) is 0 Å². The Morgan fingerprint density at radius 1 is 1.05 bits per heavy atom. The van der Waals surface area contributed by atoms with Crippen LogP contribution < -0.4 is 0 Å². The molecule has 0 heterocycles. The van der Waals surface area contributed by atoms with Crippen LogP contribution in [0.5, 0.6) is 0 Å². The van der Waals surface area contributed by atoms with E-state index in [-0.39, 0.29) is 11.8 Å². The van der Waals surface area contributed by atoms with Crippen LogP contribution in [0.3, 0.4) is 0 Å². The molecule has 0 amide bonds.